The van der Waals surface area contributed by atoms with Crippen LogP contribution in [0.5, 0.6) is 5.75 Å². The van der Waals surface area contributed by atoms with Crippen molar-refractivity contribution < 1.29 is 9.53 Å². The molecule has 3 aromatic carbocycles. The number of fused-ring (bicyclic) bond motifs is 1. The lowest BCUT2D eigenvalue weighted by Crippen LogP contribution is -2.30. The molecule has 27 heavy (non-hydrogen) atoms. The molecule has 0 heterocycles. The minimum atomic E-state index is -0.138. The standard InChI is InChI=1S/C22H20N2O2S/c23-14-19-7-3-4-8-20(19)16-27-12-11-24-22(25)15-26-21-10-9-17-5-1-2-6-18(17)13-21/h1-10,13H,11-12,15-16H2,(H,24,25). The second kappa shape index (κ2) is 9.65. The zero-order chi connectivity index (χ0) is 18.9. The SMILES string of the molecule is N#Cc1ccccc1CSCCNC(=O)COc1ccc2ccccc2c1. The summed E-state index contributed by atoms with van der Waals surface area (Å²) in [7, 11) is 0. The predicted octanol–water partition coefficient (Wildman–Crippen LogP) is 4.14. The van der Waals surface area contributed by atoms with Crippen LogP contribution in [0, 0.1) is 11.3 Å². The second-order valence-corrected chi connectivity index (χ2v) is 7.07. The highest BCUT2D eigenvalue weighted by Crippen LogP contribution is 2.20. The summed E-state index contributed by atoms with van der Waals surface area (Å²) < 4.78 is 5.58. The lowest BCUT2D eigenvalue weighted by molar-refractivity contribution is -0.122. The number of amides is 1. The first-order valence-corrected chi connectivity index (χ1v) is 9.86. The van der Waals surface area contributed by atoms with Crippen LogP contribution in [0.25, 0.3) is 10.8 Å². The molecule has 0 aliphatic carbocycles. The molecule has 5 heteroatoms. The van der Waals surface area contributed by atoms with Gasteiger partial charge in [-0.3, -0.25) is 4.79 Å². The number of hydrogen-bond acceptors (Lipinski definition) is 4. The molecule has 1 amide bonds. The molecule has 0 radical (unpaired) electrons. The number of benzene rings is 3. The van der Waals surface area contributed by atoms with Crippen LogP contribution in [0.1, 0.15) is 11.1 Å². The highest BCUT2D eigenvalue weighted by atomic mass is 32.2. The molecule has 0 aliphatic rings. The van der Waals surface area contributed by atoms with E-state index < -0.39 is 0 Å². The molecule has 0 saturated carbocycles. The van der Waals surface area contributed by atoms with Crippen molar-refractivity contribution in [3.8, 4) is 11.8 Å². The Kier molecular flexibility index (Phi) is 6.72. The van der Waals surface area contributed by atoms with Gasteiger partial charge in [0, 0.05) is 18.1 Å². The zero-order valence-electron chi connectivity index (χ0n) is 14.9. The van der Waals surface area contributed by atoms with Gasteiger partial charge in [0.1, 0.15) is 5.75 Å². The van der Waals surface area contributed by atoms with Crippen LogP contribution in [0.4, 0.5) is 0 Å². The molecule has 0 fully saturated rings. The monoisotopic (exact) mass is 376 g/mol. The number of carbonyl (C=O) groups is 1. The molecule has 3 aromatic rings. The molecule has 0 atom stereocenters. The van der Waals surface area contributed by atoms with Gasteiger partial charge < -0.3 is 10.1 Å². The summed E-state index contributed by atoms with van der Waals surface area (Å²) in [6.07, 6.45) is 0. The molecule has 136 valence electrons. The Labute approximate surface area is 163 Å². The lowest BCUT2D eigenvalue weighted by Gasteiger charge is -2.08. The normalized spacial score (nSPS) is 10.3. The van der Waals surface area contributed by atoms with E-state index >= 15 is 0 Å². The van der Waals surface area contributed by atoms with E-state index in [0.29, 0.717) is 17.9 Å². The molecule has 0 aliphatic heterocycles. The first-order valence-electron chi connectivity index (χ1n) is 8.70. The minimum Gasteiger partial charge on any atom is -0.484 e. The van der Waals surface area contributed by atoms with E-state index in [4.69, 9.17) is 10.00 Å². The highest BCUT2D eigenvalue weighted by molar-refractivity contribution is 7.98. The molecule has 3 rings (SSSR count). The number of rotatable bonds is 8. The molecule has 1 N–H and O–H groups in total. The Morgan fingerprint density at radius 2 is 1.81 bits per heavy atom. The van der Waals surface area contributed by atoms with Crippen LogP contribution in [0.15, 0.2) is 66.7 Å². The number of nitrogens with zero attached hydrogens (tertiary/aromatic N) is 1. The van der Waals surface area contributed by atoms with Gasteiger partial charge in [0.25, 0.3) is 5.91 Å². The van der Waals surface area contributed by atoms with E-state index in [-0.39, 0.29) is 12.5 Å². The van der Waals surface area contributed by atoms with Gasteiger partial charge in [0.15, 0.2) is 6.61 Å². The van der Waals surface area contributed by atoms with Crippen molar-refractivity contribution in [2.24, 2.45) is 0 Å². The maximum atomic E-state index is 11.9. The van der Waals surface area contributed by atoms with Crippen molar-refractivity contribution in [2.45, 2.75) is 5.75 Å². The summed E-state index contributed by atoms with van der Waals surface area (Å²) >= 11 is 1.69. The van der Waals surface area contributed by atoms with Gasteiger partial charge in [-0.25, -0.2) is 0 Å². The van der Waals surface area contributed by atoms with E-state index in [1.54, 1.807) is 11.8 Å². The molecule has 4 nitrogen and oxygen atoms in total. The lowest BCUT2D eigenvalue weighted by atomic mass is 10.1. The largest absolute Gasteiger partial charge is 0.484 e. The topological polar surface area (TPSA) is 62.1 Å². The summed E-state index contributed by atoms with van der Waals surface area (Å²) in [5.41, 5.74) is 1.73. The van der Waals surface area contributed by atoms with Gasteiger partial charge in [0.05, 0.1) is 11.6 Å². The van der Waals surface area contributed by atoms with Crippen molar-refractivity contribution in [1.82, 2.24) is 5.32 Å². The van der Waals surface area contributed by atoms with Crippen molar-refractivity contribution in [3.63, 3.8) is 0 Å². The molecule has 0 aromatic heterocycles. The Morgan fingerprint density at radius 3 is 2.67 bits per heavy atom. The fraction of sp³-hybridized carbons (Fsp3) is 0.182. The van der Waals surface area contributed by atoms with Gasteiger partial charge in [0.2, 0.25) is 0 Å². The van der Waals surface area contributed by atoms with Crippen LogP contribution < -0.4 is 10.1 Å². The summed E-state index contributed by atoms with van der Waals surface area (Å²) in [5.74, 6) is 2.09. The Morgan fingerprint density at radius 1 is 1.04 bits per heavy atom. The van der Waals surface area contributed by atoms with Crippen molar-refractivity contribution in [2.75, 3.05) is 18.9 Å². The molecule has 0 spiro atoms. The number of nitrogens with one attached hydrogen (secondary N) is 1. The maximum Gasteiger partial charge on any atom is 0.257 e. The van der Waals surface area contributed by atoms with E-state index in [1.165, 1.54) is 0 Å². The highest BCUT2D eigenvalue weighted by Gasteiger charge is 2.04. The van der Waals surface area contributed by atoms with Crippen molar-refractivity contribution in [3.05, 3.63) is 77.9 Å². The third-order valence-corrected chi connectivity index (χ3v) is 5.06. The van der Waals surface area contributed by atoms with Gasteiger partial charge in [-0.15, -0.1) is 0 Å². The molecular weight excluding hydrogens is 356 g/mol. The third kappa shape index (κ3) is 5.50. The second-order valence-electron chi connectivity index (χ2n) is 5.97. The van der Waals surface area contributed by atoms with E-state index in [9.17, 15) is 4.79 Å². The minimum absolute atomic E-state index is 0.000271. The molecular formula is C22H20N2O2S. The number of thioether (sulfide) groups is 1. The summed E-state index contributed by atoms with van der Waals surface area (Å²) in [6.45, 7) is 0.569. The first kappa shape index (κ1) is 18.8. The predicted molar refractivity (Wildman–Crippen MR) is 110 cm³/mol. The van der Waals surface area contributed by atoms with E-state index in [1.807, 2.05) is 66.7 Å². The Hall–Kier alpha value is -2.97. The van der Waals surface area contributed by atoms with E-state index in [2.05, 4.69) is 11.4 Å². The van der Waals surface area contributed by atoms with Gasteiger partial charge in [-0.1, -0.05) is 48.5 Å². The third-order valence-electron chi connectivity index (χ3n) is 4.05. The van der Waals surface area contributed by atoms with Crippen LogP contribution >= 0.6 is 11.8 Å². The Bertz CT molecular complexity index is 966. The number of nitriles is 1. The summed E-state index contributed by atoms with van der Waals surface area (Å²) in [4.78, 5) is 11.9. The quantitative estimate of drug-likeness (QED) is 0.600. The van der Waals surface area contributed by atoms with E-state index in [0.717, 1.165) is 27.8 Å². The van der Waals surface area contributed by atoms with Gasteiger partial charge in [-0.2, -0.15) is 17.0 Å². The first-order chi connectivity index (χ1) is 13.3. The van der Waals surface area contributed by atoms with Gasteiger partial charge in [-0.05, 0) is 34.5 Å². The number of hydrogen-bond donors (Lipinski definition) is 1. The van der Waals surface area contributed by atoms with Crippen molar-refractivity contribution in [1.29, 1.82) is 5.26 Å². The Balaban J connectivity index is 1.36. The maximum absolute atomic E-state index is 11.9. The number of carbonyl (C=O) groups excluding carboxylic acids is 1. The fourth-order valence-electron chi connectivity index (χ4n) is 2.66. The average molecular weight is 376 g/mol. The molecule has 0 saturated heterocycles. The smallest absolute Gasteiger partial charge is 0.257 e. The van der Waals surface area contributed by atoms with Crippen LogP contribution in [-0.4, -0.2) is 24.8 Å². The molecule has 0 unspecified atom stereocenters. The van der Waals surface area contributed by atoms with Crippen molar-refractivity contribution >= 4 is 28.4 Å². The molecule has 0 bridgehead atoms. The fourth-order valence-corrected chi connectivity index (χ4v) is 3.52. The van der Waals surface area contributed by atoms with Crippen LogP contribution in [-0.2, 0) is 10.5 Å². The number of ether oxygens (including phenoxy) is 1. The van der Waals surface area contributed by atoms with Gasteiger partial charge >= 0.3 is 0 Å². The van der Waals surface area contributed by atoms with Crippen LogP contribution in [0.3, 0.4) is 0 Å². The zero-order valence-corrected chi connectivity index (χ0v) is 15.7. The van der Waals surface area contributed by atoms with Crippen LogP contribution in [0.2, 0.25) is 0 Å². The summed E-state index contributed by atoms with van der Waals surface area (Å²) in [6, 6.07) is 23.6. The summed E-state index contributed by atoms with van der Waals surface area (Å²) in [5, 5.41) is 14.2. The average Bonchev–Trinajstić information content (AvgIpc) is 2.72.